The highest BCUT2D eigenvalue weighted by molar-refractivity contribution is 5.68. The summed E-state index contributed by atoms with van der Waals surface area (Å²) in [6, 6.07) is 10.4. The Kier molecular flexibility index (Phi) is 5.63. The number of ether oxygens (including phenoxy) is 1. The molecule has 1 saturated heterocycles. The van der Waals surface area contributed by atoms with Crippen molar-refractivity contribution < 1.29 is 9.53 Å². The lowest BCUT2D eigenvalue weighted by molar-refractivity contribution is 0.0240. The highest BCUT2D eigenvalue weighted by Gasteiger charge is 2.26. The first kappa shape index (κ1) is 19.1. The zero-order valence-corrected chi connectivity index (χ0v) is 16.6. The normalized spacial score (nSPS) is 16.1. The molecular weight excluding hydrogens is 340 g/mol. The minimum atomic E-state index is -0.470. The average molecular weight is 368 g/mol. The molecule has 1 aromatic carbocycles. The minimum Gasteiger partial charge on any atom is -0.444 e. The van der Waals surface area contributed by atoms with E-state index in [2.05, 4.69) is 33.9 Å². The van der Waals surface area contributed by atoms with E-state index >= 15 is 0 Å². The van der Waals surface area contributed by atoms with Crippen molar-refractivity contribution in [2.45, 2.75) is 39.2 Å². The molecule has 3 rings (SSSR count). The van der Waals surface area contributed by atoms with Crippen LogP contribution in [0.1, 0.15) is 44.7 Å². The first-order valence-corrected chi connectivity index (χ1v) is 9.43. The maximum absolute atomic E-state index is 12.2. The van der Waals surface area contributed by atoms with Crippen LogP contribution in [0.3, 0.4) is 0 Å². The van der Waals surface area contributed by atoms with Crippen LogP contribution in [0.2, 0.25) is 0 Å². The van der Waals surface area contributed by atoms with Crippen LogP contribution in [0.15, 0.2) is 42.7 Å². The Bertz CT molecular complexity index is 748. The second-order valence-corrected chi connectivity index (χ2v) is 7.90. The van der Waals surface area contributed by atoms with Gasteiger partial charge in [-0.25, -0.2) is 14.8 Å². The fourth-order valence-electron chi connectivity index (χ4n) is 3.07. The van der Waals surface area contributed by atoms with Crippen LogP contribution < -0.4 is 4.90 Å². The van der Waals surface area contributed by atoms with Crippen LogP contribution in [0.5, 0.6) is 0 Å². The summed E-state index contributed by atoms with van der Waals surface area (Å²) in [6.07, 6.45) is 3.55. The summed E-state index contributed by atoms with van der Waals surface area (Å²) in [6.45, 7) is 10.4. The molecule has 0 spiro atoms. The molecule has 2 aromatic rings. The fourth-order valence-corrected chi connectivity index (χ4v) is 3.07. The molecule has 0 radical (unpaired) electrons. The van der Waals surface area contributed by atoms with Gasteiger partial charge in [0.1, 0.15) is 5.60 Å². The zero-order valence-electron chi connectivity index (χ0n) is 16.6. The molecule has 6 nitrogen and oxygen atoms in total. The third-order valence-electron chi connectivity index (χ3n) is 4.67. The van der Waals surface area contributed by atoms with E-state index in [0.717, 1.165) is 5.56 Å². The molecule has 27 heavy (non-hydrogen) atoms. The van der Waals surface area contributed by atoms with E-state index in [1.807, 2.05) is 51.4 Å². The standard InChI is InChI=1S/C21H28N4O2/c1-16(17-8-6-5-7-9-17)18-14-22-19(23-15-18)24-10-12-25(13-11-24)20(26)27-21(2,3)4/h5-9,14-16H,10-13H2,1-4H3. The van der Waals surface area contributed by atoms with E-state index in [9.17, 15) is 4.79 Å². The third-order valence-corrected chi connectivity index (χ3v) is 4.67. The largest absolute Gasteiger partial charge is 0.444 e. The number of carbonyl (C=O) groups excluding carboxylic acids is 1. The molecule has 0 N–H and O–H groups in total. The Morgan fingerprint density at radius 1 is 1.00 bits per heavy atom. The lowest BCUT2D eigenvalue weighted by atomic mass is 9.96. The Hall–Kier alpha value is -2.63. The molecule has 1 atom stereocenters. The van der Waals surface area contributed by atoms with Crippen LogP contribution in [-0.4, -0.2) is 52.7 Å². The Balaban J connectivity index is 1.58. The fraction of sp³-hybridized carbons (Fsp3) is 0.476. The molecule has 0 saturated carbocycles. The number of hydrogen-bond donors (Lipinski definition) is 0. The summed E-state index contributed by atoms with van der Waals surface area (Å²) >= 11 is 0. The molecule has 1 aromatic heterocycles. The number of nitrogens with zero attached hydrogens (tertiary/aromatic N) is 4. The predicted molar refractivity (Wildman–Crippen MR) is 106 cm³/mol. The van der Waals surface area contributed by atoms with E-state index in [1.165, 1.54) is 5.56 Å². The van der Waals surface area contributed by atoms with Gasteiger partial charge in [0.15, 0.2) is 0 Å². The summed E-state index contributed by atoms with van der Waals surface area (Å²) in [5, 5.41) is 0. The Labute approximate surface area is 161 Å². The van der Waals surface area contributed by atoms with Gasteiger partial charge in [-0.15, -0.1) is 0 Å². The van der Waals surface area contributed by atoms with E-state index in [-0.39, 0.29) is 12.0 Å². The molecule has 2 heterocycles. The quantitative estimate of drug-likeness (QED) is 0.827. The van der Waals surface area contributed by atoms with E-state index in [1.54, 1.807) is 4.90 Å². The summed E-state index contributed by atoms with van der Waals surface area (Å²) < 4.78 is 5.44. The van der Waals surface area contributed by atoms with Gasteiger partial charge in [0.05, 0.1) is 0 Å². The zero-order chi connectivity index (χ0) is 19.4. The molecule has 1 aliphatic heterocycles. The number of carbonyl (C=O) groups is 1. The molecule has 1 amide bonds. The third kappa shape index (κ3) is 4.96. The summed E-state index contributed by atoms with van der Waals surface area (Å²) in [7, 11) is 0. The number of amides is 1. The number of hydrogen-bond acceptors (Lipinski definition) is 5. The number of aromatic nitrogens is 2. The Morgan fingerprint density at radius 2 is 1.59 bits per heavy atom. The minimum absolute atomic E-state index is 0.254. The predicted octanol–water partition coefficient (Wildman–Crippen LogP) is 3.69. The number of anilines is 1. The van der Waals surface area contributed by atoms with E-state index in [4.69, 9.17) is 4.74 Å². The lowest BCUT2D eigenvalue weighted by Crippen LogP contribution is -2.50. The van der Waals surface area contributed by atoms with Crippen LogP contribution in [-0.2, 0) is 4.74 Å². The smallest absolute Gasteiger partial charge is 0.410 e. The van der Waals surface area contributed by atoms with E-state index in [0.29, 0.717) is 32.1 Å². The van der Waals surface area contributed by atoms with Gasteiger partial charge in [-0.2, -0.15) is 0 Å². The lowest BCUT2D eigenvalue weighted by Gasteiger charge is -2.35. The van der Waals surface area contributed by atoms with Gasteiger partial charge in [-0.3, -0.25) is 0 Å². The van der Waals surface area contributed by atoms with Gasteiger partial charge in [-0.05, 0) is 31.9 Å². The van der Waals surface area contributed by atoms with Crippen molar-refractivity contribution in [1.29, 1.82) is 0 Å². The summed E-state index contributed by atoms with van der Waals surface area (Å²) in [5.74, 6) is 0.965. The van der Waals surface area contributed by atoms with Crippen molar-refractivity contribution in [2.75, 3.05) is 31.1 Å². The van der Waals surface area contributed by atoms with Crippen molar-refractivity contribution in [3.8, 4) is 0 Å². The molecule has 0 aliphatic carbocycles. The van der Waals surface area contributed by atoms with Crippen LogP contribution in [0.4, 0.5) is 10.7 Å². The monoisotopic (exact) mass is 368 g/mol. The van der Waals surface area contributed by atoms with Crippen molar-refractivity contribution >= 4 is 12.0 Å². The van der Waals surface area contributed by atoms with Gasteiger partial charge >= 0.3 is 6.09 Å². The first-order chi connectivity index (χ1) is 12.8. The summed E-state index contributed by atoms with van der Waals surface area (Å²) in [4.78, 5) is 25.1. The van der Waals surface area contributed by atoms with Crippen LogP contribution in [0, 0.1) is 0 Å². The van der Waals surface area contributed by atoms with Crippen molar-refractivity contribution in [2.24, 2.45) is 0 Å². The number of rotatable bonds is 3. The van der Waals surface area contributed by atoms with Crippen molar-refractivity contribution in [3.63, 3.8) is 0 Å². The Morgan fingerprint density at radius 3 is 2.15 bits per heavy atom. The second kappa shape index (κ2) is 7.94. The SMILES string of the molecule is CC(c1ccccc1)c1cnc(N2CCN(C(=O)OC(C)(C)C)CC2)nc1. The van der Waals surface area contributed by atoms with Gasteiger partial charge in [0.2, 0.25) is 5.95 Å². The highest BCUT2D eigenvalue weighted by Crippen LogP contribution is 2.23. The second-order valence-electron chi connectivity index (χ2n) is 7.90. The molecule has 1 unspecified atom stereocenters. The summed E-state index contributed by atoms with van der Waals surface area (Å²) in [5.41, 5.74) is 1.87. The van der Waals surface area contributed by atoms with Crippen LogP contribution >= 0.6 is 0 Å². The number of benzene rings is 1. The van der Waals surface area contributed by atoms with Gasteiger partial charge in [-0.1, -0.05) is 37.3 Å². The van der Waals surface area contributed by atoms with Gasteiger partial charge in [0.25, 0.3) is 0 Å². The average Bonchev–Trinajstić information content (AvgIpc) is 2.67. The van der Waals surface area contributed by atoms with Gasteiger partial charge in [0, 0.05) is 44.5 Å². The maximum Gasteiger partial charge on any atom is 0.410 e. The van der Waals surface area contributed by atoms with E-state index < -0.39 is 5.60 Å². The van der Waals surface area contributed by atoms with Crippen molar-refractivity contribution in [1.82, 2.24) is 14.9 Å². The van der Waals surface area contributed by atoms with Gasteiger partial charge < -0.3 is 14.5 Å². The number of piperazine rings is 1. The molecule has 1 aliphatic rings. The molecular formula is C21H28N4O2. The molecule has 144 valence electrons. The topological polar surface area (TPSA) is 58.6 Å². The van der Waals surface area contributed by atoms with Crippen LogP contribution in [0.25, 0.3) is 0 Å². The highest BCUT2D eigenvalue weighted by atomic mass is 16.6. The molecule has 6 heteroatoms. The molecule has 1 fully saturated rings. The maximum atomic E-state index is 12.2. The first-order valence-electron chi connectivity index (χ1n) is 9.43. The van der Waals surface area contributed by atoms with Crippen molar-refractivity contribution in [3.05, 3.63) is 53.9 Å². The molecule has 0 bridgehead atoms.